The molecule has 23 heteroatoms. The Morgan fingerprint density at radius 2 is 1.33 bits per heavy atom. The predicted octanol–water partition coefficient (Wildman–Crippen LogP) is 6.87. The molecule has 0 bridgehead atoms. The average Bonchev–Trinajstić information content (AvgIpc) is 4.06. The molecule has 0 saturated carbocycles. The van der Waals surface area contributed by atoms with Crippen molar-refractivity contribution >= 4 is 43.9 Å². The van der Waals surface area contributed by atoms with Crippen LogP contribution in [0.25, 0.3) is 0 Å². The first-order chi connectivity index (χ1) is 33.3. The van der Waals surface area contributed by atoms with E-state index in [0.717, 1.165) is 79.9 Å². The summed E-state index contributed by atoms with van der Waals surface area (Å²) in [5, 5.41) is 7.22. The molecule has 0 radical (unpaired) electrons. The molecule has 4 fully saturated rings. The number of aromatic nitrogens is 7. The molecule has 4 unspecified atom stereocenters. The molecular weight excluding hydrogens is 951 g/mol. The van der Waals surface area contributed by atoms with Gasteiger partial charge in [0.25, 0.3) is 0 Å². The Balaban J connectivity index is 0.787. The zero-order valence-corrected chi connectivity index (χ0v) is 40.5. The SMILES string of the molecule is Cc1c(Oc2ccc(C3COS(=O)(=O)OC3C3OS(=O)(=O)OCC3c3ccc(OCc4csc(C5CCN(c6ncccn6)CC5)n4)cc3)cc2)ncnc1N1CCC(c2nc(C(C)C)no2)CC1. The largest absolute Gasteiger partial charge is 0.487 e. The second-order valence-electron chi connectivity index (χ2n) is 17.8. The molecule has 4 aromatic heterocycles. The summed E-state index contributed by atoms with van der Waals surface area (Å²) < 4.78 is 90.8. The number of nitrogens with zero attached hydrogens (tertiary/aromatic N) is 9. The summed E-state index contributed by atoms with van der Waals surface area (Å²) in [6.07, 6.45) is 5.91. The van der Waals surface area contributed by atoms with Gasteiger partial charge in [0.1, 0.15) is 42.5 Å². The van der Waals surface area contributed by atoms with Crippen LogP contribution in [-0.2, 0) is 44.1 Å². The van der Waals surface area contributed by atoms with Crippen molar-refractivity contribution in [2.45, 2.75) is 94.9 Å². The van der Waals surface area contributed by atoms with Crippen molar-refractivity contribution in [1.29, 1.82) is 0 Å². The highest BCUT2D eigenvalue weighted by Gasteiger charge is 2.49. The van der Waals surface area contributed by atoms with Crippen molar-refractivity contribution < 1.29 is 47.6 Å². The monoisotopic (exact) mass is 1000 g/mol. The second-order valence-corrected chi connectivity index (χ2v) is 21.1. The summed E-state index contributed by atoms with van der Waals surface area (Å²) >= 11 is 1.63. The minimum atomic E-state index is -4.51. The molecule has 364 valence electrons. The zero-order valence-electron chi connectivity index (χ0n) is 38.1. The Morgan fingerprint density at radius 3 is 1.94 bits per heavy atom. The minimum Gasteiger partial charge on any atom is -0.487 e. The minimum absolute atomic E-state index is 0.171. The molecule has 10 rings (SSSR count). The highest BCUT2D eigenvalue weighted by atomic mass is 32.3. The van der Waals surface area contributed by atoms with Gasteiger partial charge in [-0.3, -0.25) is 0 Å². The van der Waals surface area contributed by atoms with E-state index in [1.165, 1.54) is 6.33 Å². The zero-order chi connectivity index (χ0) is 47.7. The molecule has 6 aromatic rings. The molecule has 4 aliphatic rings. The van der Waals surface area contributed by atoms with Crippen LogP contribution in [0.5, 0.6) is 17.4 Å². The average molecular weight is 1000 g/mol. The van der Waals surface area contributed by atoms with E-state index in [4.69, 9.17) is 35.7 Å². The summed E-state index contributed by atoms with van der Waals surface area (Å²) in [4.78, 5) is 31.6. The van der Waals surface area contributed by atoms with Crippen LogP contribution in [-0.4, -0.2) is 103 Å². The summed E-state index contributed by atoms with van der Waals surface area (Å²) in [6, 6.07) is 15.8. The smallest absolute Gasteiger partial charge is 0.400 e. The van der Waals surface area contributed by atoms with Crippen LogP contribution in [0.15, 0.2) is 83.2 Å². The normalized spacial score (nSPS) is 23.2. The van der Waals surface area contributed by atoms with Gasteiger partial charge in [0, 0.05) is 73.5 Å². The van der Waals surface area contributed by atoms with Gasteiger partial charge in [-0.05, 0) is 74.1 Å². The second kappa shape index (κ2) is 20.0. The Labute approximate surface area is 404 Å². The fourth-order valence-corrected chi connectivity index (χ4v) is 11.9. The number of ether oxygens (including phenoxy) is 2. The molecule has 20 nitrogen and oxygen atoms in total. The van der Waals surface area contributed by atoms with Crippen molar-refractivity contribution in [3.8, 4) is 17.4 Å². The summed E-state index contributed by atoms with van der Waals surface area (Å²) in [7, 11) is -9.02. The summed E-state index contributed by atoms with van der Waals surface area (Å²) in [5.74, 6) is 3.47. The summed E-state index contributed by atoms with van der Waals surface area (Å²) in [5.41, 5.74) is 2.80. The van der Waals surface area contributed by atoms with Gasteiger partial charge in [0.05, 0.1) is 29.5 Å². The molecule has 2 aromatic carbocycles. The first-order valence-electron chi connectivity index (χ1n) is 22.9. The van der Waals surface area contributed by atoms with Crippen LogP contribution in [0.3, 0.4) is 0 Å². The number of anilines is 2. The van der Waals surface area contributed by atoms with E-state index in [9.17, 15) is 16.8 Å². The van der Waals surface area contributed by atoms with Crippen LogP contribution < -0.4 is 19.3 Å². The molecule has 4 saturated heterocycles. The van der Waals surface area contributed by atoms with Crippen molar-refractivity contribution in [2.75, 3.05) is 49.2 Å². The van der Waals surface area contributed by atoms with Gasteiger partial charge in [-0.25, -0.2) is 41.7 Å². The van der Waals surface area contributed by atoms with Crippen LogP contribution in [0.2, 0.25) is 0 Å². The molecule has 0 aliphatic carbocycles. The molecule has 69 heavy (non-hydrogen) atoms. The Kier molecular flexibility index (Phi) is 13.6. The number of benzene rings is 2. The van der Waals surface area contributed by atoms with Crippen LogP contribution >= 0.6 is 11.3 Å². The van der Waals surface area contributed by atoms with E-state index in [1.807, 2.05) is 32.2 Å². The highest BCUT2D eigenvalue weighted by Crippen LogP contribution is 2.42. The number of hydrogen-bond donors (Lipinski definition) is 0. The van der Waals surface area contributed by atoms with Crippen LogP contribution in [0.1, 0.15) is 108 Å². The first-order valence-corrected chi connectivity index (χ1v) is 26.4. The Hall–Kier alpha value is -5.69. The lowest BCUT2D eigenvalue weighted by atomic mass is 9.83. The topological polar surface area (TPSA) is 234 Å². The van der Waals surface area contributed by atoms with E-state index in [1.54, 1.807) is 72.3 Å². The Bertz CT molecular complexity index is 2930. The maximum Gasteiger partial charge on any atom is 0.400 e. The lowest BCUT2D eigenvalue weighted by molar-refractivity contribution is -0.0454. The lowest BCUT2D eigenvalue weighted by Gasteiger charge is -2.40. The molecule has 4 atom stereocenters. The molecular formula is C46H51N9O11S3. The van der Waals surface area contributed by atoms with Crippen molar-refractivity contribution in [2.24, 2.45) is 0 Å². The van der Waals surface area contributed by atoms with E-state index in [2.05, 4.69) is 39.9 Å². The van der Waals surface area contributed by atoms with E-state index in [0.29, 0.717) is 46.1 Å². The number of hydrogen-bond acceptors (Lipinski definition) is 21. The van der Waals surface area contributed by atoms with Gasteiger partial charge < -0.3 is 23.8 Å². The van der Waals surface area contributed by atoms with E-state index >= 15 is 0 Å². The molecule has 0 amide bonds. The third kappa shape index (κ3) is 10.7. The maximum atomic E-state index is 12.9. The first kappa shape index (κ1) is 47.0. The van der Waals surface area contributed by atoms with Crippen molar-refractivity contribution in [3.05, 3.63) is 118 Å². The standard InChI is InChI=1S/C46H51N9O11S3/c1-28(2)41-52-44(64-53-41)32-13-19-54(20-14-32)42-29(3)43(50-27-49-42)63-36-11-7-31(8-12-36)38-25-62-69(58,59)66-40(38)39-37(24-61-68(56,57)65-39)30-5-9-35(10-6-30)60-23-34-26-67-45(51-34)33-15-21-55(22-16-33)46-47-17-4-18-48-46/h4-12,17-18,26-28,32-33,37-40H,13-16,19-25H2,1-3H3. The van der Waals surface area contributed by atoms with Crippen molar-refractivity contribution in [3.63, 3.8) is 0 Å². The predicted molar refractivity (Wildman–Crippen MR) is 250 cm³/mol. The maximum absolute atomic E-state index is 12.9. The van der Waals surface area contributed by atoms with Gasteiger partial charge in [0.2, 0.25) is 17.7 Å². The quantitative estimate of drug-likeness (QED) is 0.115. The third-order valence-electron chi connectivity index (χ3n) is 13.0. The molecule has 4 aliphatic heterocycles. The highest BCUT2D eigenvalue weighted by molar-refractivity contribution is 7.82. The van der Waals surface area contributed by atoms with Gasteiger partial charge in [-0.15, -0.1) is 11.3 Å². The van der Waals surface area contributed by atoms with E-state index in [-0.39, 0.29) is 31.7 Å². The van der Waals surface area contributed by atoms with Gasteiger partial charge in [0.15, 0.2) is 5.82 Å². The van der Waals surface area contributed by atoms with Gasteiger partial charge in [-0.2, -0.15) is 21.8 Å². The molecule has 8 heterocycles. The molecule has 0 spiro atoms. The Morgan fingerprint density at radius 1 is 0.739 bits per heavy atom. The van der Waals surface area contributed by atoms with Crippen LogP contribution in [0.4, 0.5) is 11.8 Å². The van der Waals surface area contributed by atoms with Gasteiger partial charge in [-0.1, -0.05) is 43.3 Å². The van der Waals surface area contributed by atoms with E-state index < -0.39 is 44.8 Å². The van der Waals surface area contributed by atoms with Crippen LogP contribution in [0, 0.1) is 6.92 Å². The fraction of sp³-hybridized carbons (Fsp3) is 0.457. The van der Waals surface area contributed by atoms with Crippen molar-refractivity contribution in [1.82, 2.24) is 35.1 Å². The number of piperidine rings is 2. The van der Waals surface area contributed by atoms with Gasteiger partial charge >= 0.3 is 20.8 Å². The number of thiazole rings is 1. The lowest BCUT2D eigenvalue weighted by Crippen LogP contribution is -2.50. The fourth-order valence-electron chi connectivity index (χ4n) is 9.16. The molecule has 0 N–H and O–H groups in total. The number of rotatable bonds is 13. The summed E-state index contributed by atoms with van der Waals surface area (Å²) in [6.45, 7) is 8.77. The third-order valence-corrected chi connectivity index (χ3v) is 15.8.